The largest absolute Gasteiger partial charge is 0.324 e. The molecule has 4 rings (SSSR count). The Labute approximate surface area is 170 Å². The van der Waals surface area contributed by atoms with Crippen molar-refractivity contribution in [2.45, 2.75) is 13.8 Å². The van der Waals surface area contributed by atoms with E-state index in [0.29, 0.717) is 16.6 Å². The smallest absolute Gasteiger partial charge is 0.257 e. The lowest BCUT2D eigenvalue weighted by Crippen LogP contribution is -2.11. The van der Waals surface area contributed by atoms with Crippen molar-refractivity contribution in [3.05, 3.63) is 70.2 Å². The average Bonchev–Trinajstić information content (AvgIpc) is 3.33. The summed E-state index contributed by atoms with van der Waals surface area (Å²) in [6, 6.07) is 13.1. The molecule has 1 amide bonds. The Bertz CT molecular complexity index is 1080. The number of thiophene rings is 1. The van der Waals surface area contributed by atoms with Crippen LogP contribution in [0.15, 0.2) is 53.2 Å². The van der Waals surface area contributed by atoms with Gasteiger partial charge in [0, 0.05) is 28.0 Å². The highest BCUT2D eigenvalue weighted by Crippen LogP contribution is 2.28. The first kappa shape index (κ1) is 18.3. The molecule has 3 aromatic heterocycles. The molecule has 0 spiro atoms. The highest BCUT2D eigenvalue weighted by atomic mass is 32.1. The highest BCUT2D eigenvalue weighted by Gasteiger charge is 2.11. The minimum absolute atomic E-state index is 0.193. The van der Waals surface area contributed by atoms with E-state index < -0.39 is 0 Å². The summed E-state index contributed by atoms with van der Waals surface area (Å²) in [7, 11) is 0. The van der Waals surface area contributed by atoms with Gasteiger partial charge in [0.15, 0.2) is 5.13 Å². The molecule has 140 valence electrons. The molecule has 0 saturated heterocycles. The van der Waals surface area contributed by atoms with Crippen molar-refractivity contribution in [1.82, 2.24) is 15.0 Å². The Hall–Kier alpha value is -3.10. The minimum Gasteiger partial charge on any atom is -0.324 e. The van der Waals surface area contributed by atoms with E-state index in [9.17, 15) is 4.79 Å². The molecule has 28 heavy (non-hydrogen) atoms. The van der Waals surface area contributed by atoms with Crippen LogP contribution in [0.3, 0.4) is 0 Å². The first-order valence-electron chi connectivity index (χ1n) is 8.57. The number of hydrogen-bond acceptors (Lipinski definition) is 7. The third kappa shape index (κ3) is 4.24. The Morgan fingerprint density at radius 1 is 0.964 bits per heavy atom. The number of hydrogen-bond donors (Lipinski definition) is 2. The first-order valence-corrected chi connectivity index (χ1v) is 10.3. The molecule has 0 saturated carbocycles. The zero-order chi connectivity index (χ0) is 19.5. The zero-order valence-corrected chi connectivity index (χ0v) is 16.9. The summed E-state index contributed by atoms with van der Waals surface area (Å²) in [5.41, 5.74) is 4.05. The van der Waals surface area contributed by atoms with Crippen LogP contribution in [0, 0.1) is 13.8 Å². The monoisotopic (exact) mass is 407 g/mol. The summed E-state index contributed by atoms with van der Waals surface area (Å²) in [6.07, 6.45) is 0. The third-order valence-corrected chi connectivity index (χ3v) is 5.53. The molecule has 6 nitrogen and oxygen atoms in total. The topological polar surface area (TPSA) is 79.8 Å². The lowest BCUT2D eigenvalue weighted by atomic mass is 10.2. The summed E-state index contributed by atoms with van der Waals surface area (Å²) in [5.74, 6) is 0.347. The SMILES string of the molecule is Cc1cc(C)nc(Nc2ccc(C(=O)Nc3nc(-c4cccs4)cs3)cc2)n1. The van der Waals surface area contributed by atoms with Crippen molar-refractivity contribution >= 4 is 45.3 Å². The van der Waals surface area contributed by atoms with Gasteiger partial charge in [0.05, 0.1) is 10.6 Å². The predicted molar refractivity (Wildman–Crippen MR) is 115 cm³/mol. The number of carbonyl (C=O) groups is 1. The Balaban J connectivity index is 1.42. The van der Waals surface area contributed by atoms with Gasteiger partial charge in [-0.05, 0) is 55.6 Å². The molecule has 0 aliphatic rings. The molecule has 2 N–H and O–H groups in total. The van der Waals surface area contributed by atoms with Gasteiger partial charge in [0.25, 0.3) is 5.91 Å². The van der Waals surface area contributed by atoms with E-state index in [4.69, 9.17) is 0 Å². The summed E-state index contributed by atoms with van der Waals surface area (Å²) in [4.78, 5) is 26.8. The van der Waals surface area contributed by atoms with Crippen molar-refractivity contribution in [3.63, 3.8) is 0 Å². The van der Waals surface area contributed by atoms with Gasteiger partial charge in [0.2, 0.25) is 5.95 Å². The van der Waals surface area contributed by atoms with Gasteiger partial charge < -0.3 is 5.32 Å². The second kappa shape index (κ2) is 7.87. The van der Waals surface area contributed by atoms with Gasteiger partial charge >= 0.3 is 0 Å². The number of aryl methyl sites for hydroxylation is 2. The summed E-state index contributed by atoms with van der Waals surface area (Å²) < 4.78 is 0. The van der Waals surface area contributed by atoms with Crippen molar-refractivity contribution in [1.29, 1.82) is 0 Å². The Morgan fingerprint density at radius 3 is 2.39 bits per heavy atom. The Morgan fingerprint density at radius 2 is 1.71 bits per heavy atom. The van der Waals surface area contributed by atoms with Crippen molar-refractivity contribution in [2.75, 3.05) is 10.6 Å². The second-order valence-corrected chi connectivity index (χ2v) is 7.95. The molecule has 0 fully saturated rings. The molecular formula is C20H17N5OS2. The summed E-state index contributed by atoms with van der Waals surface area (Å²) in [5, 5.41) is 10.5. The normalized spacial score (nSPS) is 10.6. The van der Waals surface area contributed by atoms with Crippen LogP contribution >= 0.6 is 22.7 Å². The van der Waals surface area contributed by atoms with Gasteiger partial charge in [-0.1, -0.05) is 6.07 Å². The number of benzene rings is 1. The first-order chi connectivity index (χ1) is 13.6. The van der Waals surface area contributed by atoms with E-state index in [2.05, 4.69) is 25.6 Å². The number of anilines is 3. The van der Waals surface area contributed by atoms with Crippen LogP contribution in [0.5, 0.6) is 0 Å². The van der Waals surface area contributed by atoms with Gasteiger partial charge in [-0.25, -0.2) is 15.0 Å². The quantitative estimate of drug-likeness (QED) is 0.471. The molecule has 3 heterocycles. The maximum absolute atomic E-state index is 12.5. The maximum Gasteiger partial charge on any atom is 0.257 e. The third-order valence-electron chi connectivity index (χ3n) is 3.88. The number of nitrogens with one attached hydrogen (secondary N) is 2. The van der Waals surface area contributed by atoms with E-state index in [1.807, 2.05) is 54.9 Å². The lowest BCUT2D eigenvalue weighted by Gasteiger charge is -2.07. The van der Waals surface area contributed by atoms with E-state index >= 15 is 0 Å². The molecule has 0 aliphatic heterocycles. The molecule has 1 aromatic carbocycles. The molecule has 8 heteroatoms. The molecule has 0 bridgehead atoms. The van der Waals surface area contributed by atoms with Gasteiger partial charge in [-0.3, -0.25) is 10.1 Å². The molecule has 0 atom stereocenters. The van der Waals surface area contributed by atoms with Gasteiger partial charge in [-0.15, -0.1) is 22.7 Å². The highest BCUT2D eigenvalue weighted by molar-refractivity contribution is 7.16. The molecule has 4 aromatic rings. The van der Waals surface area contributed by atoms with Crippen molar-refractivity contribution in [2.24, 2.45) is 0 Å². The van der Waals surface area contributed by atoms with Crippen LogP contribution in [0.4, 0.5) is 16.8 Å². The van der Waals surface area contributed by atoms with Crippen LogP contribution in [-0.4, -0.2) is 20.9 Å². The van der Waals surface area contributed by atoms with Crippen LogP contribution in [0.2, 0.25) is 0 Å². The Kier molecular flexibility index (Phi) is 5.14. The van der Waals surface area contributed by atoms with E-state index in [1.165, 1.54) is 11.3 Å². The van der Waals surface area contributed by atoms with Gasteiger partial charge in [-0.2, -0.15) is 0 Å². The predicted octanol–water partition coefficient (Wildman–Crippen LogP) is 5.27. The number of amides is 1. The minimum atomic E-state index is -0.193. The van der Waals surface area contributed by atoms with Crippen molar-refractivity contribution < 1.29 is 4.79 Å². The molecule has 0 radical (unpaired) electrons. The van der Waals surface area contributed by atoms with Crippen LogP contribution in [-0.2, 0) is 0 Å². The van der Waals surface area contributed by atoms with Gasteiger partial charge in [0.1, 0.15) is 0 Å². The zero-order valence-electron chi connectivity index (χ0n) is 15.3. The number of rotatable bonds is 5. The number of aromatic nitrogens is 3. The second-order valence-electron chi connectivity index (χ2n) is 6.15. The molecule has 0 aliphatic carbocycles. The van der Waals surface area contributed by atoms with E-state index in [-0.39, 0.29) is 5.91 Å². The van der Waals surface area contributed by atoms with Crippen LogP contribution in [0.25, 0.3) is 10.6 Å². The van der Waals surface area contributed by atoms with Crippen molar-refractivity contribution in [3.8, 4) is 10.6 Å². The lowest BCUT2D eigenvalue weighted by molar-refractivity contribution is 0.102. The van der Waals surface area contributed by atoms with Crippen LogP contribution in [0.1, 0.15) is 21.7 Å². The van der Waals surface area contributed by atoms with E-state index in [1.54, 1.807) is 23.5 Å². The molecular weight excluding hydrogens is 390 g/mol. The molecule has 0 unspecified atom stereocenters. The fourth-order valence-corrected chi connectivity index (χ4v) is 4.12. The number of thiazole rings is 1. The summed E-state index contributed by atoms with van der Waals surface area (Å²) in [6.45, 7) is 3.85. The summed E-state index contributed by atoms with van der Waals surface area (Å²) >= 11 is 3.04. The van der Waals surface area contributed by atoms with E-state index in [0.717, 1.165) is 27.6 Å². The van der Waals surface area contributed by atoms with Crippen LogP contribution < -0.4 is 10.6 Å². The average molecular weight is 408 g/mol. The fraction of sp³-hybridized carbons (Fsp3) is 0.100. The fourth-order valence-electron chi connectivity index (χ4n) is 2.65. The number of nitrogens with zero attached hydrogens (tertiary/aromatic N) is 3. The standard InChI is InChI=1S/C20H17N5OS2/c1-12-10-13(2)22-19(21-12)23-15-7-5-14(6-8-15)18(26)25-20-24-16(11-28-20)17-4-3-9-27-17/h3-11H,1-2H3,(H,21,22,23)(H,24,25,26). The maximum atomic E-state index is 12.5. The number of carbonyl (C=O) groups excluding carboxylic acids is 1.